The third-order valence-electron chi connectivity index (χ3n) is 5.21. The van der Waals surface area contributed by atoms with E-state index in [2.05, 4.69) is 53.2 Å². The Morgan fingerprint density at radius 2 is 1.81 bits per heavy atom. The second-order valence-corrected chi connectivity index (χ2v) is 7.19. The van der Waals surface area contributed by atoms with E-state index < -0.39 is 0 Å². The van der Waals surface area contributed by atoms with E-state index in [0.29, 0.717) is 5.92 Å². The molecule has 3 unspecified atom stereocenters. The average Bonchev–Trinajstić information content (AvgIpc) is 2.69. The Morgan fingerprint density at radius 1 is 1.15 bits per heavy atom. The van der Waals surface area contributed by atoms with Crippen LogP contribution in [0.4, 0.5) is 0 Å². The van der Waals surface area contributed by atoms with Crippen molar-refractivity contribution in [3.05, 3.63) is 84.4 Å². The van der Waals surface area contributed by atoms with Gasteiger partial charge in [-0.15, -0.1) is 6.58 Å². The Morgan fingerprint density at radius 3 is 2.46 bits per heavy atom. The van der Waals surface area contributed by atoms with Gasteiger partial charge in [0.25, 0.3) is 0 Å². The summed E-state index contributed by atoms with van der Waals surface area (Å²) in [5, 5.41) is 3.21. The minimum absolute atomic E-state index is 0.0000633. The number of rotatable bonds is 6. The summed E-state index contributed by atoms with van der Waals surface area (Å²) in [5.41, 5.74) is 2.45. The van der Waals surface area contributed by atoms with Gasteiger partial charge in [-0.05, 0) is 30.4 Å². The minimum Gasteiger partial charge on any atom is -0.349 e. The van der Waals surface area contributed by atoms with Gasteiger partial charge in [-0.3, -0.25) is 9.69 Å². The number of benzene rings is 2. The van der Waals surface area contributed by atoms with E-state index in [1.54, 1.807) is 0 Å². The first-order valence-electron chi connectivity index (χ1n) is 9.41. The molecule has 0 spiro atoms. The van der Waals surface area contributed by atoms with E-state index in [4.69, 9.17) is 0 Å². The topological polar surface area (TPSA) is 32.3 Å². The van der Waals surface area contributed by atoms with E-state index in [1.807, 2.05) is 37.3 Å². The molecule has 0 bridgehead atoms. The summed E-state index contributed by atoms with van der Waals surface area (Å²) in [4.78, 5) is 15.3. The van der Waals surface area contributed by atoms with Crippen LogP contribution in [-0.4, -0.2) is 30.4 Å². The molecule has 1 amide bonds. The first-order chi connectivity index (χ1) is 12.7. The molecule has 2 aromatic carbocycles. The van der Waals surface area contributed by atoms with Crippen LogP contribution in [0.25, 0.3) is 0 Å². The zero-order valence-corrected chi connectivity index (χ0v) is 15.5. The number of nitrogens with zero attached hydrogens (tertiary/aromatic N) is 1. The average molecular weight is 348 g/mol. The van der Waals surface area contributed by atoms with Crippen LogP contribution in [0, 0.1) is 5.92 Å². The largest absolute Gasteiger partial charge is 0.349 e. The van der Waals surface area contributed by atoms with Gasteiger partial charge in [-0.25, -0.2) is 0 Å². The molecule has 1 saturated heterocycles. The molecule has 3 heteroatoms. The molecule has 0 aliphatic carbocycles. The van der Waals surface area contributed by atoms with Crippen LogP contribution in [0.1, 0.15) is 36.4 Å². The fourth-order valence-electron chi connectivity index (χ4n) is 3.83. The van der Waals surface area contributed by atoms with Gasteiger partial charge in [-0.1, -0.05) is 66.7 Å². The number of amides is 1. The standard InChI is InChI=1S/C23H28N2O/c1-3-14-25-16-21(20-12-8-5-9-13-20)15-22(17-25)23(26)24-18(2)19-10-6-4-7-11-19/h3-13,18,21-22H,1,14-17H2,2H3,(H,24,26). The summed E-state index contributed by atoms with van der Waals surface area (Å²) >= 11 is 0. The molecule has 3 nitrogen and oxygen atoms in total. The van der Waals surface area contributed by atoms with Gasteiger partial charge in [0.05, 0.1) is 12.0 Å². The van der Waals surface area contributed by atoms with Crippen molar-refractivity contribution < 1.29 is 4.79 Å². The first kappa shape index (κ1) is 18.4. The fraction of sp³-hybridized carbons (Fsp3) is 0.348. The molecular formula is C23H28N2O. The molecule has 3 rings (SSSR count). The summed E-state index contributed by atoms with van der Waals surface area (Å²) in [5.74, 6) is 0.531. The predicted octanol–water partition coefficient (Wildman–Crippen LogP) is 4.16. The van der Waals surface area contributed by atoms with Crippen molar-refractivity contribution in [1.82, 2.24) is 10.2 Å². The second-order valence-electron chi connectivity index (χ2n) is 7.19. The predicted molar refractivity (Wildman–Crippen MR) is 107 cm³/mol. The maximum absolute atomic E-state index is 12.9. The van der Waals surface area contributed by atoms with Gasteiger partial charge in [-0.2, -0.15) is 0 Å². The Bertz CT molecular complexity index is 714. The molecule has 1 N–H and O–H groups in total. The molecule has 1 aliphatic heterocycles. The number of hydrogen-bond donors (Lipinski definition) is 1. The Labute approximate surface area is 156 Å². The molecule has 2 aromatic rings. The molecule has 136 valence electrons. The quantitative estimate of drug-likeness (QED) is 0.795. The van der Waals surface area contributed by atoms with E-state index in [-0.39, 0.29) is 17.9 Å². The zero-order chi connectivity index (χ0) is 18.4. The lowest BCUT2D eigenvalue weighted by molar-refractivity contribution is -0.127. The Hall–Kier alpha value is -2.39. The monoisotopic (exact) mass is 348 g/mol. The highest BCUT2D eigenvalue weighted by Gasteiger charge is 2.32. The van der Waals surface area contributed by atoms with Gasteiger partial charge >= 0.3 is 0 Å². The normalized spacial score (nSPS) is 21.7. The summed E-state index contributed by atoms with van der Waals surface area (Å²) in [6.45, 7) is 8.51. The summed E-state index contributed by atoms with van der Waals surface area (Å²) < 4.78 is 0. The highest BCUT2D eigenvalue weighted by molar-refractivity contribution is 5.79. The van der Waals surface area contributed by atoms with Crippen LogP contribution in [0.3, 0.4) is 0 Å². The number of likely N-dealkylation sites (tertiary alicyclic amines) is 1. The number of hydrogen-bond acceptors (Lipinski definition) is 2. The van der Waals surface area contributed by atoms with E-state index >= 15 is 0 Å². The van der Waals surface area contributed by atoms with Crippen molar-refractivity contribution in [3.63, 3.8) is 0 Å². The summed E-state index contributed by atoms with van der Waals surface area (Å²) in [6.07, 6.45) is 2.82. The number of nitrogens with one attached hydrogen (secondary N) is 1. The molecule has 3 atom stereocenters. The molecule has 0 aromatic heterocycles. The number of carbonyl (C=O) groups excluding carboxylic acids is 1. The number of carbonyl (C=O) groups is 1. The lowest BCUT2D eigenvalue weighted by Gasteiger charge is -2.37. The maximum Gasteiger partial charge on any atom is 0.224 e. The molecular weight excluding hydrogens is 320 g/mol. The fourth-order valence-corrected chi connectivity index (χ4v) is 3.83. The van der Waals surface area contributed by atoms with Crippen LogP contribution in [0.2, 0.25) is 0 Å². The van der Waals surface area contributed by atoms with Crippen LogP contribution in [0.15, 0.2) is 73.3 Å². The van der Waals surface area contributed by atoms with Crippen LogP contribution < -0.4 is 5.32 Å². The SMILES string of the molecule is C=CCN1CC(C(=O)NC(C)c2ccccc2)CC(c2ccccc2)C1. The van der Waals surface area contributed by atoms with Crippen molar-refractivity contribution >= 4 is 5.91 Å². The molecule has 1 aliphatic rings. The van der Waals surface area contributed by atoms with Crippen molar-refractivity contribution in [3.8, 4) is 0 Å². The van der Waals surface area contributed by atoms with Gasteiger partial charge in [0.15, 0.2) is 0 Å². The van der Waals surface area contributed by atoms with E-state index in [1.165, 1.54) is 5.56 Å². The zero-order valence-electron chi connectivity index (χ0n) is 15.5. The van der Waals surface area contributed by atoms with Crippen LogP contribution in [0.5, 0.6) is 0 Å². The van der Waals surface area contributed by atoms with Gasteiger partial charge in [0.2, 0.25) is 5.91 Å². The molecule has 0 saturated carbocycles. The van der Waals surface area contributed by atoms with Crippen molar-refractivity contribution in [2.24, 2.45) is 5.92 Å². The van der Waals surface area contributed by atoms with E-state index in [9.17, 15) is 4.79 Å². The second kappa shape index (κ2) is 8.81. The van der Waals surface area contributed by atoms with Crippen LogP contribution in [-0.2, 0) is 4.79 Å². The van der Waals surface area contributed by atoms with Crippen LogP contribution >= 0.6 is 0 Å². The van der Waals surface area contributed by atoms with Gasteiger partial charge < -0.3 is 5.32 Å². The van der Waals surface area contributed by atoms with Crippen molar-refractivity contribution in [2.75, 3.05) is 19.6 Å². The summed E-state index contributed by atoms with van der Waals surface area (Å²) in [6, 6.07) is 20.7. The lowest BCUT2D eigenvalue weighted by atomic mass is 9.84. The third kappa shape index (κ3) is 4.61. The third-order valence-corrected chi connectivity index (χ3v) is 5.21. The molecule has 1 fully saturated rings. The first-order valence-corrected chi connectivity index (χ1v) is 9.41. The van der Waals surface area contributed by atoms with Crippen molar-refractivity contribution in [2.45, 2.75) is 25.3 Å². The lowest BCUT2D eigenvalue weighted by Crippen LogP contribution is -2.46. The maximum atomic E-state index is 12.9. The van der Waals surface area contributed by atoms with Gasteiger partial charge in [0.1, 0.15) is 0 Å². The van der Waals surface area contributed by atoms with Crippen molar-refractivity contribution in [1.29, 1.82) is 0 Å². The van der Waals surface area contributed by atoms with Gasteiger partial charge in [0, 0.05) is 19.6 Å². The Balaban J connectivity index is 1.70. The highest BCUT2D eigenvalue weighted by atomic mass is 16.2. The summed E-state index contributed by atoms with van der Waals surface area (Å²) in [7, 11) is 0. The molecule has 1 heterocycles. The highest BCUT2D eigenvalue weighted by Crippen LogP contribution is 2.30. The number of piperidine rings is 1. The smallest absolute Gasteiger partial charge is 0.224 e. The molecule has 0 radical (unpaired) electrons. The molecule has 26 heavy (non-hydrogen) atoms. The van der Waals surface area contributed by atoms with E-state index in [0.717, 1.165) is 31.6 Å². The minimum atomic E-state index is 0.0000633. The Kier molecular flexibility index (Phi) is 6.24.